The number of rotatable bonds is 4. The third-order valence-electron chi connectivity index (χ3n) is 3.45. The van der Waals surface area contributed by atoms with Gasteiger partial charge in [0.25, 0.3) is 0 Å². The molecule has 0 bridgehead atoms. The maximum Gasteiger partial charge on any atom is 0.152 e. The van der Waals surface area contributed by atoms with Crippen molar-refractivity contribution >= 4 is 17.2 Å². The Labute approximate surface area is 128 Å². The highest BCUT2D eigenvalue weighted by molar-refractivity contribution is 7.07. The second kappa shape index (κ2) is 6.46. The number of ether oxygens (including phenoxy) is 1. The average molecular weight is 305 g/mol. The van der Waals surface area contributed by atoms with Crippen LogP contribution in [0.2, 0.25) is 0 Å². The molecule has 1 saturated heterocycles. The maximum atomic E-state index is 5.92. The molecule has 3 heterocycles. The highest BCUT2D eigenvalue weighted by Gasteiger charge is 2.26. The topological polar surface area (TPSA) is 54.4 Å². The van der Waals surface area contributed by atoms with E-state index in [1.54, 1.807) is 23.7 Å². The predicted octanol–water partition coefficient (Wildman–Crippen LogP) is 1.57. The molecule has 1 aliphatic heterocycles. The van der Waals surface area contributed by atoms with Crippen molar-refractivity contribution in [3.63, 3.8) is 0 Å². The van der Waals surface area contributed by atoms with E-state index >= 15 is 0 Å². The fourth-order valence-electron chi connectivity index (χ4n) is 2.47. The number of hydrogen-bond acceptors (Lipinski definition) is 7. The van der Waals surface area contributed by atoms with Gasteiger partial charge in [-0.15, -0.1) is 11.3 Å². The fraction of sp³-hybridized carbons (Fsp3) is 0.500. The normalized spacial score (nSPS) is 19.6. The molecule has 0 saturated carbocycles. The van der Waals surface area contributed by atoms with Gasteiger partial charge in [-0.05, 0) is 0 Å². The van der Waals surface area contributed by atoms with Crippen molar-refractivity contribution in [3.8, 4) is 0 Å². The van der Waals surface area contributed by atoms with Crippen LogP contribution in [0.15, 0.2) is 23.3 Å². The molecule has 0 unspecified atom stereocenters. The number of hydrogen-bond donors (Lipinski definition) is 0. The number of anilines is 1. The first-order chi connectivity index (χ1) is 10.2. The van der Waals surface area contributed by atoms with Crippen LogP contribution in [0.4, 0.5) is 5.82 Å². The first kappa shape index (κ1) is 14.4. The molecule has 2 aromatic heterocycles. The molecule has 7 heteroatoms. The summed E-state index contributed by atoms with van der Waals surface area (Å²) in [7, 11) is 3.95. The Morgan fingerprint density at radius 3 is 2.95 bits per heavy atom. The summed E-state index contributed by atoms with van der Waals surface area (Å²) >= 11 is 1.63. The zero-order valence-electron chi connectivity index (χ0n) is 12.3. The van der Waals surface area contributed by atoms with Crippen LogP contribution in [-0.2, 0) is 11.3 Å². The van der Waals surface area contributed by atoms with Gasteiger partial charge in [0.15, 0.2) is 5.82 Å². The third-order valence-corrected chi connectivity index (χ3v) is 4.09. The van der Waals surface area contributed by atoms with Crippen molar-refractivity contribution in [3.05, 3.63) is 34.7 Å². The zero-order chi connectivity index (χ0) is 14.7. The van der Waals surface area contributed by atoms with Gasteiger partial charge in [-0.25, -0.2) is 9.97 Å². The molecule has 2 aromatic rings. The molecule has 0 radical (unpaired) electrons. The molecular weight excluding hydrogens is 286 g/mol. The van der Waals surface area contributed by atoms with Crippen LogP contribution in [-0.4, -0.2) is 53.6 Å². The molecule has 0 spiro atoms. The molecule has 6 nitrogen and oxygen atoms in total. The maximum absolute atomic E-state index is 5.92. The highest BCUT2D eigenvalue weighted by atomic mass is 32.1. The minimum atomic E-state index is -0.0384. The zero-order valence-corrected chi connectivity index (χ0v) is 13.1. The minimum Gasteiger partial charge on any atom is -0.369 e. The van der Waals surface area contributed by atoms with Gasteiger partial charge in [-0.1, -0.05) is 0 Å². The van der Waals surface area contributed by atoms with Crippen molar-refractivity contribution in [2.75, 3.05) is 38.7 Å². The van der Waals surface area contributed by atoms with E-state index in [2.05, 4.69) is 25.2 Å². The average Bonchev–Trinajstić information content (AvgIpc) is 3.00. The molecule has 112 valence electrons. The van der Waals surface area contributed by atoms with Crippen molar-refractivity contribution in [2.24, 2.45) is 0 Å². The van der Waals surface area contributed by atoms with E-state index in [-0.39, 0.29) is 6.10 Å². The predicted molar refractivity (Wildman–Crippen MR) is 82.4 cm³/mol. The Morgan fingerprint density at radius 2 is 2.19 bits per heavy atom. The smallest absolute Gasteiger partial charge is 0.152 e. The van der Waals surface area contributed by atoms with Crippen molar-refractivity contribution in [1.82, 2.24) is 19.9 Å². The Bertz CT molecular complexity index is 575. The lowest BCUT2D eigenvalue weighted by Crippen LogP contribution is -2.38. The van der Waals surface area contributed by atoms with Crippen LogP contribution in [0.5, 0.6) is 0 Å². The van der Waals surface area contributed by atoms with Gasteiger partial charge in [0.2, 0.25) is 0 Å². The summed E-state index contributed by atoms with van der Waals surface area (Å²) in [6.07, 6.45) is 3.41. The summed E-state index contributed by atoms with van der Waals surface area (Å²) in [6, 6.07) is 0. The van der Waals surface area contributed by atoms with Crippen molar-refractivity contribution in [1.29, 1.82) is 0 Å². The van der Waals surface area contributed by atoms with Crippen molar-refractivity contribution in [2.45, 2.75) is 12.6 Å². The Kier molecular flexibility index (Phi) is 4.42. The summed E-state index contributed by atoms with van der Waals surface area (Å²) in [6.45, 7) is 3.31. The third kappa shape index (κ3) is 3.37. The van der Waals surface area contributed by atoms with Crippen LogP contribution in [0.1, 0.15) is 17.5 Å². The molecule has 0 N–H and O–H groups in total. The lowest BCUT2D eigenvalue weighted by molar-refractivity contribution is -0.0351. The summed E-state index contributed by atoms with van der Waals surface area (Å²) < 4.78 is 5.92. The van der Waals surface area contributed by atoms with Gasteiger partial charge in [-0.3, -0.25) is 9.88 Å². The van der Waals surface area contributed by atoms with E-state index < -0.39 is 0 Å². The van der Waals surface area contributed by atoms with E-state index in [1.807, 2.05) is 24.5 Å². The van der Waals surface area contributed by atoms with Gasteiger partial charge in [0, 0.05) is 51.5 Å². The Morgan fingerprint density at radius 1 is 1.33 bits per heavy atom. The number of aromatic nitrogens is 3. The Hall–Kier alpha value is -1.57. The fourth-order valence-corrected chi connectivity index (χ4v) is 3.02. The first-order valence-electron chi connectivity index (χ1n) is 6.93. The van der Waals surface area contributed by atoms with Crippen LogP contribution < -0.4 is 4.90 Å². The molecule has 0 amide bonds. The molecule has 21 heavy (non-hydrogen) atoms. The van der Waals surface area contributed by atoms with Crippen LogP contribution in [0.25, 0.3) is 0 Å². The van der Waals surface area contributed by atoms with E-state index in [0.29, 0.717) is 6.61 Å². The largest absolute Gasteiger partial charge is 0.369 e. The van der Waals surface area contributed by atoms with Gasteiger partial charge in [0.1, 0.15) is 11.8 Å². The van der Waals surface area contributed by atoms with Crippen LogP contribution >= 0.6 is 11.3 Å². The minimum absolute atomic E-state index is 0.0384. The standard InChI is InChI=1S/C14H19N5OS/c1-18(2)14-13(15-3-4-16-14)12-8-19(5-6-20-12)7-11-9-21-10-17-11/h3-4,9-10,12H,5-8H2,1-2H3/t12-/m1/s1. The summed E-state index contributed by atoms with van der Waals surface area (Å²) in [5, 5.41) is 2.10. The number of thiazole rings is 1. The molecule has 1 fully saturated rings. The van der Waals surface area contributed by atoms with Gasteiger partial charge >= 0.3 is 0 Å². The van der Waals surface area contributed by atoms with Gasteiger partial charge in [0.05, 0.1) is 17.8 Å². The molecule has 3 rings (SSSR count). The quantitative estimate of drug-likeness (QED) is 0.855. The van der Waals surface area contributed by atoms with Crippen LogP contribution in [0, 0.1) is 0 Å². The summed E-state index contributed by atoms with van der Waals surface area (Å²) in [5.41, 5.74) is 3.90. The van der Waals surface area contributed by atoms with Crippen molar-refractivity contribution < 1.29 is 4.74 Å². The van der Waals surface area contributed by atoms with Gasteiger partial charge < -0.3 is 9.64 Å². The van der Waals surface area contributed by atoms with E-state index in [4.69, 9.17) is 4.74 Å². The van der Waals surface area contributed by atoms with E-state index in [9.17, 15) is 0 Å². The van der Waals surface area contributed by atoms with Gasteiger partial charge in [-0.2, -0.15) is 0 Å². The molecular formula is C14H19N5OS. The molecule has 1 atom stereocenters. The lowest BCUT2D eigenvalue weighted by Gasteiger charge is -2.33. The second-order valence-corrected chi connectivity index (χ2v) is 5.95. The molecule has 0 aromatic carbocycles. The summed E-state index contributed by atoms with van der Waals surface area (Å²) in [5.74, 6) is 0.873. The monoisotopic (exact) mass is 305 g/mol. The first-order valence-corrected chi connectivity index (χ1v) is 7.87. The SMILES string of the molecule is CN(C)c1nccnc1[C@H]1CN(Cc2cscn2)CCO1. The highest BCUT2D eigenvalue weighted by Crippen LogP contribution is 2.27. The van der Waals surface area contributed by atoms with E-state index in [0.717, 1.165) is 36.8 Å². The van der Waals surface area contributed by atoms with Crippen LogP contribution in [0.3, 0.4) is 0 Å². The Balaban J connectivity index is 1.74. The number of morpholine rings is 1. The van der Waals surface area contributed by atoms with E-state index in [1.165, 1.54) is 0 Å². The second-order valence-electron chi connectivity index (χ2n) is 5.23. The lowest BCUT2D eigenvalue weighted by atomic mass is 10.2. The molecule has 1 aliphatic rings. The number of nitrogens with zero attached hydrogens (tertiary/aromatic N) is 5. The summed E-state index contributed by atoms with van der Waals surface area (Å²) in [4.78, 5) is 17.6. The molecule has 0 aliphatic carbocycles.